The molecule has 7 nitrogen and oxygen atoms in total. The van der Waals surface area contributed by atoms with E-state index in [4.69, 9.17) is 5.11 Å². The fourth-order valence-electron chi connectivity index (χ4n) is 2.10. The quantitative estimate of drug-likeness (QED) is 0.634. The van der Waals surface area contributed by atoms with Crippen LogP contribution in [0.3, 0.4) is 0 Å². The molecule has 0 aromatic rings. The fraction of sp³-hybridized carbons (Fsp3) is 0.750. The molecule has 3 N–H and O–H groups in total. The Bertz CT molecular complexity index is 346. The Hall–Kier alpha value is -1.79. The van der Waals surface area contributed by atoms with Crippen LogP contribution in [0.4, 0.5) is 4.79 Å². The third kappa shape index (κ3) is 5.58. The molecule has 19 heavy (non-hydrogen) atoms. The Morgan fingerprint density at radius 3 is 2.68 bits per heavy atom. The molecule has 1 rings (SSSR count). The van der Waals surface area contributed by atoms with Crippen LogP contribution in [0.2, 0.25) is 0 Å². The minimum atomic E-state index is -0.798. The van der Waals surface area contributed by atoms with Crippen molar-refractivity contribution in [2.45, 2.75) is 25.7 Å². The lowest BCUT2D eigenvalue weighted by Gasteiger charge is -2.17. The molecule has 0 aliphatic carbocycles. The van der Waals surface area contributed by atoms with E-state index in [2.05, 4.69) is 10.6 Å². The van der Waals surface area contributed by atoms with Crippen molar-refractivity contribution in [3.8, 4) is 0 Å². The number of urea groups is 1. The van der Waals surface area contributed by atoms with E-state index in [1.165, 1.54) is 0 Å². The first-order chi connectivity index (χ1) is 9.02. The van der Waals surface area contributed by atoms with Gasteiger partial charge in [0.1, 0.15) is 0 Å². The van der Waals surface area contributed by atoms with Gasteiger partial charge >= 0.3 is 12.0 Å². The monoisotopic (exact) mass is 271 g/mol. The van der Waals surface area contributed by atoms with Crippen LogP contribution in [0.5, 0.6) is 0 Å². The van der Waals surface area contributed by atoms with Crippen LogP contribution < -0.4 is 10.6 Å². The SMILES string of the molecule is CNC(=O)CCNC(=O)N1CCC(CCC(=O)O)C1. The van der Waals surface area contributed by atoms with Crippen molar-refractivity contribution in [3.63, 3.8) is 0 Å². The van der Waals surface area contributed by atoms with Gasteiger partial charge in [0, 0.05) is 39.5 Å². The first-order valence-corrected chi connectivity index (χ1v) is 6.48. The summed E-state index contributed by atoms with van der Waals surface area (Å²) in [5, 5.41) is 13.8. The minimum absolute atomic E-state index is 0.110. The highest BCUT2D eigenvalue weighted by molar-refractivity contribution is 5.78. The maximum absolute atomic E-state index is 11.8. The zero-order valence-electron chi connectivity index (χ0n) is 11.1. The molecule has 1 aliphatic rings. The van der Waals surface area contributed by atoms with Crippen molar-refractivity contribution in [1.29, 1.82) is 0 Å². The first-order valence-electron chi connectivity index (χ1n) is 6.48. The highest BCUT2D eigenvalue weighted by Crippen LogP contribution is 2.20. The molecule has 1 atom stereocenters. The van der Waals surface area contributed by atoms with Crippen LogP contribution >= 0.6 is 0 Å². The fourth-order valence-corrected chi connectivity index (χ4v) is 2.10. The maximum Gasteiger partial charge on any atom is 0.317 e. The molecule has 1 aliphatic heterocycles. The van der Waals surface area contributed by atoms with E-state index < -0.39 is 5.97 Å². The second kappa shape index (κ2) is 7.60. The smallest absolute Gasteiger partial charge is 0.317 e. The molecule has 108 valence electrons. The maximum atomic E-state index is 11.8. The number of amides is 3. The number of carbonyl (C=O) groups is 3. The molecule has 0 aromatic carbocycles. The van der Waals surface area contributed by atoms with Gasteiger partial charge in [0.15, 0.2) is 0 Å². The standard InChI is InChI=1S/C12H21N3O4/c1-13-10(16)4-6-14-12(19)15-7-5-9(8-15)2-3-11(17)18/h9H,2-8H2,1H3,(H,13,16)(H,14,19)(H,17,18). The van der Waals surface area contributed by atoms with Crippen LogP contribution in [-0.4, -0.2) is 54.6 Å². The summed E-state index contributed by atoms with van der Waals surface area (Å²) in [5.74, 6) is -0.643. The first kappa shape index (κ1) is 15.3. The Balaban J connectivity index is 2.20. The van der Waals surface area contributed by atoms with E-state index >= 15 is 0 Å². The number of nitrogens with zero attached hydrogens (tertiary/aromatic N) is 1. The number of carbonyl (C=O) groups excluding carboxylic acids is 2. The largest absolute Gasteiger partial charge is 0.481 e. The lowest BCUT2D eigenvalue weighted by Crippen LogP contribution is -2.40. The van der Waals surface area contributed by atoms with Crippen LogP contribution in [0.25, 0.3) is 0 Å². The highest BCUT2D eigenvalue weighted by atomic mass is 16.4. The molecule has 0 saturated carbocycles. The number of aliphatic carboxylic acids is 1. The molecule has 1 unspecified atom stereocenters. The van der Waals surface area contributed by atoms with Gasteiger partial charge in [-0.05, 0) is 18.8 Å². The zero-order valence-corrected chi connectivity index (χ0v) is 11.1. The molecule has 1 heterocycles. The summed E-state index contributed by atoms with van der Waals surface area (Å²) in [5.41, 5.74) is 0. The molecule has 3 amide bonds. The zero-order chi connectivity index (χ0) is 14.3. The van der Waals surface area contributed by atoms with Crippen molar-refractivity contribution >= 4 is 17.9 Å². The molecule has 1 saturated heterocycles. The number of likely N-dealkylation sites (tertiary alicyclic amines) is 1. The van der Waals surface area contributed by atoms with E-state index in [-0.39, 0.29) is 30.7 Å². The Morgan fingerprint density at radius 2 is 2.05 bits per heavy atom. The number of carboxylic acids is 1. The van der Waals surface area contributed by atoms with Gasteiger partial charge in [0.25, 0.3) is 0 Å². The summed E-state index contributed by atoms with van der Waals surface area (Å²) < 4.78 is 0. The molecule has 0 aromatic heterocycles. The van der Waals surface area contributed by atoms with Crippen molar-refractivity contribution < 1.29 is 19.5 Å². The van der Waals surface area contributed by atoms with Gasteiger partial charge in [0.2, 0.25) is 5.91 Å². The predicted molar refractivity (Wildman–Crippen MR) is 68.6 cm³/mol. The van der Waals surface area contributed by atoms with Gasteiger partial charge in [-0.1, -0.05) is 0 Å². The molecule has 0 spiro atoms. The number of nitrogens with one attached hydrogen (secondary N) is 2. The molecular weight excluding hydrogens is 250 g/mol. The summed E-state index contributed by atoms with van der Waals surface area (Å²) in [6, 6.07) is -0.179. The minimum Gasteiger partial charge on any atom is -0.481 e. The van der Waals surface area contributed by atoms with E-state index in [0.29, 0.717) is 26.1 Å². The summed E-state index contributed by atoms with van der Waals surface area (Å²) in [4.78, 5) is 34.9. The van der Waals surface area contributed by atoms with Gasteiger partial charge in [-0.3, -0.25) is 9.59 Å². The van der Waals surface area contributed by atoms with Crippen LogP contribution in [0.15, 0.2) is 0 Å². The van der Waals surface area contributed by atoms with Gasteiger partial charge < -0.3 is 20.6 Å². The van der Waals surface area contributed by atoms with Crippen molar-refractivity contribution in [2.24, 2.45) is 5.92 Å². The van der Waals surface area contributed by atoms with Gasteiger partial charge in [-0.15, -0.1) is 0 Å². The van der Waals surface area contributed by atoms with Gasteiger partial charge in [0.05, 0.1) is 0 Å². The molecule has 7 heteroatoms. The Kier molecular flexibility index (Phi) is 6.11. The average Bonchev–Trinajstić information content (AvgIpc) is 2.84. The van der Waals surface area contributed by atoms with Crippen molar-refractivity contribution in [3.05, 3.63) is 0 Å². The van der Waals surface area contributed by atoms with E-state index in [1.54, 1.807) is 11.9 Å². The van der Waals surface area contributed by atoms with Crippen LogP contribution in [0.1, 0.15) is 25.7 Å². The molecule has 0 radical (unpaired) electrons. The molecule has 0 bridgehead atoms. The van der Waals surface area contributed by atoms with E-state index in [9.17, 15) is 14.4 Å². The Morgan fingerprint density at radius 1 is 1.32 bits per heavy atom. The summed E-state index contributed by atoms with van der Waals surface area (Å²) in [6.07, 6.45) is 1.86. The van der Waals surface area contributed by atoms with E-state index in [0.717, 1.165) is 6.42 Å². The second-order valence-corrected chi connectivity index (χ2v) is 4.69. The summed E-state index contributed by atoms with van der Waals surface area (Å²) in [6.45, 7) is 1.56. The molecular formula is C12H21N3O4. The number of carboxylic acid groups (broad SMARTS) is 1. The summed E-state index contributed by atoms with van der Waals surface area (Å²) in [7, 11) is 1.55. The van der Waals surface area contributed by atoms with Gasteiger partial charge in [-0.2, -0.15) is 0 Å². The lowest BCUT2D eigenvalue weighted by molar-refractivity contribution is -0.137. The molecule has 1 fully saturated rings. The second-order valence-electron chi connectivity index (χ2n) is 4.69. The lowest BCUT2D eigenvalue weighted by atomic mass is 10.0. The number of rotatable bonds is 6. The average molecular weight is 271 g/mol. The topological polar surface area (TPSA) is 98.7 Å². The number of hydrogen-bond acceptors (Lipinski definition) is 3. The van der Waals surface area contributed by atoms with Crippen molar-refractivity contribution in [2.75, 3.05) is 26.7 Å². The summed E-state index contributed by atoms with van der Waals surface area (Å²) >= 11 is 0. The van der Waals surface area contributed by atoms with Crippen LogP contribution in [0, 0.1) is 5.92 Å². The van der Waals surface area contributed by atoms with E-state index in [1.807, 2.05) is 0 Å². The highest BCUT2D eigenvalue weighted by Gasteiger charge is 2.26. The van der Waals surface area contributed by atoms with Crippen molar-refractivity contribution in [1.82, 2.24) is 15.5 Å². The van der Waals surface area contributed by atoms with Crippen LogP contribution in [-0.2, 0) is 9.59 Å². The van der Waals surface area contributed by atoms with Gasteiger partial charge in [-0.25, -0.2) is 4.79 Å². The third-order valence-electron chi connectivity index (χ3n) is 3.25. The number of hydrogen-bond donors (Lipinski definition) is 3. The predicted octanol–water partition coefficient (Wildman–Crippen LogP) is 0.0188. The normalized spacial score (nSPS) is 18.2. The third-order valence-corrected chi connectivity index (χ3v) is 3.25. The Labute approximate surface area is 112 Å².